The van der Waals surface area contributed by atoms with Gasteiger partial charge in [-0.25, -0.2) is 4.79 Å². The lowest BCUT2D eigenvalue weighted by atomic mass is 9.65. The van der Waals surface area contributed by atoms with Crippen LogP contribution in [0.5, 0.6) is 5.75 Å². The molecule has 0 bridgehead atoms. The summed E-state index contributed by atoms with van der Waals surface area (Å²) in [4.78, 5) is 26.4. The van der Waals surface area contributed by atoms with Gasteiger partial charge in [0.15, 0.2) is 0 Å². The summed E-state index contributed by atoms with van der Waals surface area (Å²) in [5.74, 6) is -2.26. The Morgan fingerprint density at radius 3 is 2.24 bits per heavy atom. The van der Waals surface area contributed by atoms with Gasteiger partial charge in [-0.1, -0.05) is 30.3 Å². The highest BCUT2D eigenvalue weighted by Crippen LogP contribution is 2.48. The number of anilines is 1. The van der Waals surface area contributed by atoms with Crippen molar-refractivity contribution in [2.75, 3.05) is 25.6 Å². The normalized spacial score (nSPS) is 22.5. The average Bonchev–Trinajstić information content (AvgIpc) is 2.79. The number of hydrogen-bond acceptors (Lipinski definition) is 7. The fraction of sp³-hybridized carbons (Fsp3) is 0.385. The first kappa shape index (κ1) is 24.3. The van der Waals surface area contributed by atoms with E-state index in [9.17, 15) is 14.7 Å². The molecule has 33 heavy (non-hydrogen) atoms. The van der Waals surface area contributed by atoms with Crippen molar-refractivity contribution in [3.05, 3.63) is 71.4 Å². The summed E-state index contributed by atoms with van der Waals surface area (Å²) >= 11 is 0. The number of hydrogen-bond donors (Lipinski definition) is 2. The lowest BCUT2D eigenvalue weighted by Crippen LogP contribution is -2.49. The van der Waals surface area contributed by atoms with E-state index in [1.165, 1.54) is 0 Å². The second-order valence-corrected chi connectivity index (χ2v) is 8.12. The van der Waals surface area contributed by atoms with Gasteiger partial charge < -0.3 is 24.6 Å². The fourth-order valence-corrected chi connectivity index (χ4v) is 4.34. The van der Waals surface area contributed by atoms with Crippen LogP contribution in [0.1, 0.15) is 38.7 Å². The molecule has 1 aliphatic carbocycles. The topological polar surface area (TPSA) is 94.1 Å². The smallest absolute Gasteiger partial charge is 0.336 e. The Labute approximate surface area is 194 Å². The molecule has 2 N–H and O–H groups in total. The predicted octanol–water partition coefficient (Wildman–Crippen LogP) is 4.04. The van der Waals surface area contributed by atoms with Gasteiger partial charge in [-0.05, 0) is 50.6 Å². The third-order valence-electron chi connectivity index (χ3n) is 5.75. The first-order valence-electron chi connectivity index (χ1n) is 11.1. The second-order valence-electron chi connectivity index (χ2n) is 8.12. The molecule has 0 aromatic heterocycles. The van der Waals surface area contributed by atoms with Gasteiger partial charge in [-0.3, -0.25) is 4.79 Å². The number of benzene rings is 2. The van der Waals surface area contributed by atoms with Gasteiger partial charge in [0.05, 0.1) is 37.4 Å². The van der Waals surface area contributed by atoms with Crippen molar-refractivity contribution in [3.8, 4) is 5.75 Å². The van der Waals surface area contributed by atoms with Crippen molar-refractivity contribution in [1.82, 2.24) is 0 Å². The van der Waals surface area contributed by atoms with E-state index in [0.717, 1.165) is 5.69 Å². The Hall–Kier alpha value is -3.32. The quantitative estimate of drug-likeness (QED) is 0.583. The van der Waals surface area contributed by atoms with Gasteiger partial charge in [0.25, 0.3) is 0 Å². The van der Waals surface area contributed by atoms with Crippen LogP contribution in [0.25, 0.3) is 0 Å². The van der Waals surface area contributed by atoms with Gasteiger partial charge in [0, 0.05) is 23.7 Å². The zero-order valence-corrected chi connectivity index (χ0v) is 19.5. The van der Waals surface area contributed by atoms with Crippen LogP contribution in [0.2, 0.25) is 0 Å². The van der Waals surface area contributed by atoms with Gasteiger partial charge >= 0.3 is 11.9 Å². The Kier molecular flexibility index (Phi) is 7.76. The molecule has 7 nitrogen and oxygen atoms in total. The number of ether oxygens (including phenoxy) is 3. The van der Waals surface area contributed by atoms with Crippen molar-refractivity contribution in [2.24, 2.45) is 5.92 Å². The summed E-state index contributed by atoms with van der Waals surface area (Å²) in [7, 11) is 1.56. The van der Waals surface area contributed by atoms with Crippen molar-refractivity contribution in [3.63, 3.8) is 0 Å². The Morgan fingerprint density at radius 2 is 1.67 bits per heavy atom. The standard InChI is InChI=1S/C26H31NO6/c1-5-32-24(28)22-20(27-18-10-8-7-9-11-18)16-26(3,30)23(25(29)33-6-2)21(22)17-12-14-19(31-4)15-13-17/h7-15,21,23,27,30H,5-6,16H2,1-4H3/t21-,23+,26+/m0/s1. The molecule has 0 aliphatic heterocycles. The molecular weight excluding hydrogens is 422 g/mol. The van der Waals surface area contributed by atoms with Crippen LogP contribution in [0, 0.1) is 5.92 Å². The third-order valence-corrected chi connectivity index (χ3v) is 5.75. The Bertz CT molecular complexity index is 997. The van der Waals surface area contributed by atoms with Gasteiger partial charge in [0.2, 0.25) is 0 Å². The number of para-hydroxylation sites is 1. The molecule has 0 unspecified atom stereocenters. The molecule has 176 valence electrons. The summed E-state index contributed by atoms with van der Waals surface area (Å²) in [6.07, 6.45) is 0.0478. The van der Waals surface area contributed by atoms with Gasteiger partial charge in [-0.2, -0.15) is 0 Å². The molecule has 3 atom stereocenters. The molecule has 2 aromatic rings. The van der Waals surface area contributed by atoms with Crippen LogP contribution in [-0.4, -0.2) is 43.0 Å². The maximum absolute atomic E-state index is 13.3. The summed E-state index contributed by atoms with van der Waals surface area (Å²) in [5, 5.41) is 14.8. The van der Waals surface area contributed by atoms with Crippen LogP contribution in [0.3, 0.4) is 0 Å². The van der Waals surface area contributed by atoms with Crippen LogP contribution < -0.4 is 10.1 Å². The number of methoxy groups -OCH3 is 1. The van der Waals surface area contributed by atoms with E-state index >= 15 is 0 Å². The molecule has 0 radical (unpaired) electrons. The number of rotatable bonds is 8. The number of carbonyl (C=O) groups excluding carboxylic acids is 2. The van der Waals surface area contributed by atoms with Crippen molar-refractivity contribution < 1.29 is 28.9 Å². The van der Waals surface area contributed by atoms with Crippen LogP contribution in [0.15, 0.2) is 65.9 Å². The first-order chi connectivity index (χ1) is 15.8. The van der Waals surface area contributed by atoms with Crippen molar-refractivity contribution in [2.45, 2.75) is 38.7 Å². The minimum Gasteiger partial charge on any atom is -0.497 e. The monoisotopic (exact) mass is 453 g/mol. The molecule has 0 heterocycles. The molecular formula is C26H31NO6. The maximum Gasteiger partial charge on any atom is 0.336 e. The van der Waals surface area contributed by atoms with E-state index in [1.54, 1.807) is 52.1 Å². The number of nitrogens with one attached hydrogen (secondary N) is 1. The lowest BCUT2D eigenvalue weighted by Gasteiger charge is -2.43. The zero-order chi connectivity index (χ0) is 24.0. The molecule has 0 spiro atoms. The summed E-state index contributed by atoms with van der Waals surface area (Å²) in [6, 6.07) is 16.5. The Balaban J connectivity index is 2.23. The SMILES string of the molecule is CCOC(=O)C1=C(Nc2ccccc2)C[C@@](C)(O)[C@@H](C(=O)OCC)[C@H]1c1ccc(OC)cc1. The molecule has 0 saturated heterocycles. The zero-order valence-electron chi connectivity index (χ0n) is 19.5. The highest BCUT2D eigenvalue weighted by Gasteiger charge is 2.52. The summed E-state index contributed by atoms with van der Waals surface area (Å²) in [6.45, 7) is 5.38. The largest absolute Gasteiger partial charge is 0.497 e. The molecule has 0 fully saturated rings. The molecule has 3 rings (SSSR count). The average molecular weight is 454 g/mol. The molecule has 0 amide bonds. The fourth-order valence-electron chi connectivity index (χ4n) is 4.34. The minimum atomic E-state index is -1.48. The lowest BCUT2D eigenvalue weighted by molar-refractivity contribution is -0.159. The Morgan fingerprint density at radius 1 is 1.03 bits per heavy atom. The van der Waals surface area contributed by atoms with Crippen molar-refractivity contribution in [1.29, 1.82) is 0 Å². The second kappa shape index (κ2) is 10.5. The number of esters is 2. The minimum absolute atomic E-state index is 0.0478. The van der Waals surface area contributed by atoms with E-state index in [-0.39, 0.29) is 19.6 Å². The maximum atomic E-state index is 13.3. The van der Waals surface area contributed by atoms with Crippen molar-refractivity contribution >= 4 is 17.6 Å². The molecule has 0 saturated carbocycles. The first-order valence-corrected chi connectivity index (χ1v) is 11.1. The molecule has 2 aromatic carbocycles. The number of aliphatic hydroxyl groups is 1. The van der Waals surface area contributed by atoms with Gasteiger partial charge in [-0.15, -0.1) is 0 Å². The highest BCUT2D eigenvalue weighted by atomic mass is 16.5. The third kappa shape index (κ3) is 5.37. The van der Waals surface area contributed by atoms with Crippen LogP contribution in [-0.2, 0) is 19.1 Å². The molecule has 1 aliphatic rings. The summed E-state index contributed by atoms with van der Waals surface area (Å²) in [5.41, 5.74) is 0.753. The van der Waals surface area contributed by atoms with E-state index in [1.807, 2.05) is 30.3 Å². The van der Waals surface area contributed by atoms with Gasteiger partial charge in [0.1, 0.15) is 5.75 Å². The van der Waals surface area contributed by atoms with E-state index in [4.69, 9.17) is 14.2 Å². The van der Waals surface area contributed by atoms with E-state index in [0.29, 0.717) is 22.6 Å². The highest BCUT2D eigenvalue weighted by molar-refractivity contribution is 5.94. The summed E-state index contributed by atoms with van der Waals surface area (Å²) < 4.78 is 16.0. The van der Waals surface area contributed by atoms with Crippen LogP contribution in [0.4, 0.5) is 5.69 Å². The molecule has 7 heteroatoms. The van der Waals surface area contributed by atoms with E-state index in [2.05, 4.69) is 5.32 Å². The van der Waals surface area contributed by atoms with E-state index < -0.39 is 29.4 Å². The van der Waals surface area contributed by atoms with Crippen LogP contribution >= 0.6 is 0 Å². The predicted molar refractivity (Wildman–Crippen MR) is 125 cm³/mol. The number of carbonyl (C=O) groups is 2.